The molecule has 1 aliphatic carbocycles. The van der Waals surface area contributed by atoms with Gasteiger partial charge in [0, 0.05) is 12.3 Å². The highest BCUT2D eigenvalue weighted by molar-refractivity contribution is 5.91. The van der Waals surface area contributed by atoms with Gasteiger partial charge in [-0.25, -0.2) is 4.79 Å². The van der Waals surface area contributed by atoms with Gasteiger partial charge in [-0.05, 0) is 40.3 Å². The molecular weight excluding hydrogens is 542 g/mol. The molecule has 0 unspecified atom stereocenters. The van der Waals surface area contributed by atoms with Gasteiger partial charge < -0.3 is 25.8 Å². The van der Waals surface area contributed by atoms with Gasteiger partial charge in [0.1, 0.15) is 18.7 Å². The number of hydrogen-bond acceptors (Lipinski definition) is 5. The maximum absolute atomic E-state index is 13.4. The lowest BCUT2D eigenvalue weighted by Crippen LogP contribution is -2.54. The van der Waals surface area contributed by atoms with Gasteiger partial charge in [0.2, 0.25) is 11.8 Å². The first-order valence-corrected chi connectivity index (χ1v) is 14.4. The van der Waals surface area contributed by atoms with Crippen LogP contribution in [0.25, 0.3) is 11.1 Å². The number of aliphatic hydroxyl groups excluding tert-OH is 1. The fourth-order valence-corrected chi connectivity index (χ4v) is 5.44. The van der Waals surface area contributed by atoms with Crippen LogP contribution in [0.1, 0.15) is 41.1 Å². The standard InChI is InChI=1S/C35H35N3O5/c1-23(33(40)37-32(21-39)25-14-6-3-7-15-25)36-34(41)31(20-24-12-4-2-5-13-24)38-35(42)43-22-30-28-18-10-8-16-26(28)27-17-9-11-19-29(27)30/h2-19,23,30-32,39H,20-22H2,1H3,(H,36,41)(H,37,40)(H,38,42)/t23-,31-,32+/m0/s1. The van der Waals surface area contributed by atoms with Gasteiger partial charge in [0.15, 0.2) is 0 Å². The minimum Gasteiger partial charge on any atom is -0.449 e. The number of amides is 3. The first kappa shape index (κ1) is 29.5. The summed E-state index contributed by atoms with van der Waals surface area (Å²) in [6.07, 6.45) is -0.520. The quantitative estimate of drug-likeness (QED) is 0.210. The van der Waals surface area contributed by atoms with Crippen molar-refractivity contribution in [3.05, 3.63) is 131 Å². The van der Waals surface area contributed by atoms with Gasteiger partial charge in [-0.3, -0.25) is 9.59 Å². The summed E-state index contributed by atoms with van der Waals surface area (Å²) in [4.78, 5) is 39.4. The number of alkyl carbamates (subject to hydrolysis) is 1. The van der Waals surface area contributed by atoms with E-state index in [4.69, 9.17) is 4.74 Å². The molecule has 0 fully saturated rings. The Morgan fingerprint density at radius 1 is 0.721 bits per heavy atom. The minimum absolute atomic E-state index is 0.111. The average Bonchev–Trinajstić information content (AvgIpc) is 3.36. The third-order valence-electron chi connectivity index (χ3n) is 7.69. The smallest absolute Gasteiger partial charge is 0.407 e. The summed E-state index contributed by atoms with van der Waals surface area (Å²) in [7, 11) is 0. The Bertz CT molecular complexity index is 1510. The van der Waals surface area contributed by atoms with Crippen molar-refractivity contribution < 1.29 is 24.2 Å². The Labute approximate surface area is 251 Å². The molecule has 4 aromatic carbocycles. The van der Waals surface area contributed by atoms with E-state index in [0.29, 0.717) is 0 Å². The summed E-state index contributed by atoms with van der Waals surface area (Å²) in [5.74, 6) is -1.11. The third-order valence-corrected chi connectivity index (χ3v) is 7.69. The molecule has 0 saturated heterocycles. The van der Waals surface area contributed by atoms with Crippen molar-refractivity contribution in [2.24, 2.45) is 0 Å². The van der Waals surface area contributed by atoms with E-state index in [9.17, 15) is 19.5 Å². The lowest BCUT2D eigenvalue weighted by atomic mass is 9.98. The Morgan fingerprint density at radius 3 is 1.88 bits per heavy atom. The van der Waals surface area contributed by atoms with Gasteiger partial charge in [-0.1, -0.05) is 109 Å². The monoisotopic (exact) mass is 577 g/mol. The van der Waals surface area contributed by atoms with Crippen molar-refractivity contribution in [1.82, 2.24) is 16.0 Å². The second-order valence-electron chi connectivity index (χ2n) is 10.6. The number of benzene rings is 4. The first-order chi connectivity index (χ1) is 20.9. The summed E-state index contributed by atoms with van der Waals surface area (Å²) in [6, 6.07) is 32.0. The van der Waals surface area contributed by atoms with E-state index in [1.165, 1.54) is 0 Å². The SMILES string of the molecule is C[C@H](NC(=O)[C@H](Cc1ccccc1)NC(=O)OCC1c2ccccc2-c2ccccc21)C(=O)N[C@H](CO)c1ccccc1. The molecule has 0 spiro atoms. The predicted molar refractivity (Wildman–Crippen MR) is 164 cm³/mol. The molecule has 220 valence electrons. The van der Waals surface area contributed by atoms with Crippen LogP contribution in [0.3, 0.4) is 0 Å². The molecule has 0 saturated carbocycles. The zero-order valence-electron chi connectivity index (χ0n) is 23.9. The topological polar surface area (TPSA) is 117 Å². The van der Waals surface area contributed by atoms with Crippen LogP contribution < -0.4 is 16.0 Å². The van der Waals surface area contributed by atoms with Crippen LogP contribution in [0.2, 0.25) is 0 Å². The number of rotatable bonds is 11. The van der Waals surface area contributed by atoms with Gasteiger partial charge in [0.05, 0.1) is 12.6 Å². The van der Waals surface area contributed by atoms with E-state index in [-0.39, 0.29) is 25.6 Å². The molecule has 43 heavy (non-hydrogen) atoms. The Balaban J connectivity index is 1.24. The summed E-state index contributed by atoms with van der Waals surface area (Å²) in [5.41, 5.74) is 6.00. The molecule has 0 radical (unpaired) electrons. The summed E-state index contributed by atoms with van der Waals surface area (Å²) in [5, 5.41) is 18.0. The number of hydrogen-bond donors (Lipinski definition) is 4. The second-order valence-corrected chi connectivity index (χ2v) is 10.6. The van der Waals surface area contributed by atoms with Gasteiger partial charge in [0.25, 0.3) is 0 Å². The molecule has 0 bridgehead atoms. The van der Waals surface area contributed by atoms with Crippen LogP contribution in [0.5, 0.6) is 0 Å². The Kier molecular flexibility index (Phi) is 9.49. The fourth-order valence-electron chi connectivity index (χ4n) is 5.44. The molecule has 3 atom stereocenters. The van der Waals surface area contributed by atoms with Gasteiger partial charge >= 0.3 is 6.09 Å². The number of nitrogens with one attached hydrogen (secondary N) is 3. The number of aliphatic hydroxyl groups is 1. The molecular formula is C35H35N3O5. The van der Waals surface area contributed by atoms with Crippen molar-refractivity contribution in [2.45, 2.75) is 37.4 Å². The molecule has 1 aliphatic rings. The highest BCUT2D eigenvalue weighted by Crippen LogP contribution is 2.44. The van der Waals surface area contributed by atoms with Crippen LogP contribution in [0.15, 0.2) is 109 Å². The Morgan fingerprint density at radius 2 is 1.28 bits per heavy atom. The van der Waals surface area contributed by atoms with Crippen LogP contribution in [0, 0.1) is 0 Å². The van der Waals surface area contributed by atoms with E-state index < -0.39 is 36.0 Å². The summed E-state index contributed by atoms with van der Waals surface area (Å²) < 4.78 is 5.69. The van der Waals surface area contributed by atoms with Crippen molar-refractivity contribution >= 4 is 17.9 Å². The van der Waals surface area contributed by atoms with Crippen molar-refractivity contribution in [1.29, 1.82) is 0 Å². The van der Waals surface area contributed by atoms with E-state index in [1.54, 1.807) is 19.1 Å². The van der Waals surface area contributed by atoms with Gasteiger partial charge in [-0.2, -0.15) is 0 Å². The van der Waals surface area contributed by atoms with Crippen LogP contribution in [0.4, 0.5) is 4.79 Å². The molecule has 8 nitrogen and oxygen atoms in total. The van der Waals surface area contributed by atoms with Crippen LogP contribution in [-0.2, 0) is 20.7 Å². The molecule has 0 aliphatic heterocycles. The number of carbonyl (C=O) groups is 3. The van der Waals surface area contributed by atoms with E-state index in [1.807, 2.05) is 84.9 Å². The van der Waals surface area contributed by atoms with Crippen LogP contribution in [-0.4, -0.2) is 48.3 Å². The highest BCUT2D eigenvalue weighted by Gasteiger charge is 2.30. The maximum atomic E-state index is 13.4. The molecule has 0 aromatic heterocycles. The third kappa shape index (κ3) is 7.10. The maximum Gasteiger partial charge on any atom is 0.407 e. The fraction of sp³-hybridized carbons (Fsp3) is 0.229. The lowest BCUT2D eigenvalue weighted by Gasteiger charge is -2.23. The molecule has 3 amide bonds. The molecule has 0 heterocycles. The predicted octanol–water partition coefficient (Wildman–Crippen LogP) is 4.49. The first-order valence-electron chi connectivity index (χ1n) is 14.4. The molecule has 4 N–H and O–H groups in total. The van der Waals surface area contributed by atoms with Crippen molar-refractivity contribution in [3.8, 4) is 11.1 Å². The normalized spacial score (nSPS) is 14.0. The lowest BCUT2D eigenvalue weighted by molar-refractivity contribution is -0.130. The average molecular weight is 578 g/mol. The number of ether oxygens (including phenoxy) is 1. The summed E-state index contributed by atoms with van der Waals surface area (Å²) >= 11 is 0. The molecule has 5 rings (SSSR count). The highest BCUT2D eigenvalue weighted by atomic mass is 16.5. The van der Waals surface area contributed by atoms with E-state index >= 15 is 0 Å². The van der Waals surface area contributed by atoms with E-state index in [0.717, 1.165) is 33.4 Å². The zero-order valence-corrected chi connectivity index (χ0v) is 23.9. The molecule has 4 aromatic rings. The number of carbonyl (C=O) groups excluding carboxylic acids is 3. The second kappa shape index (κ2) is 13.8. The van der Waals surface area contributed by atoms with E-state index in [2.05, 4.69) is 28.1 Å². The largest absolute Gasteiger partial charge is 0.449 e. The van der Waals surface area contributed by atoms with Crippen molar-refractivity contribution in [3.63, 3.8) is 0 Å². The minimum atomic E-state index is -0.990. The number of fused-ring (bicyclic) bond motifs is 3. The molecule has 8 heteroatoms. The zero-order chi connectivity index (χ0) is 30.2. The van der Waals surface area contributed by atoms with Crippen molar-refractivity contribution in [2.75, 3.05) is 13.2 Å². The summed E-state index contributed by atoms with van der Waals surface area (Å²) in [6.45, 7) is 1.37. The van der Waals surface area contributed by atoms with Gasteiger partial charge in [-0.15, -0.1) is 0 Å². The Hall–Kier alpha value is -4.95. The van der Waals surface area contributed by atoms with Crippen LogP contribution >= 0.6 is 0 Å².